The summed E-state index contributed by atoms with van der Waals surface area (Å²) in [5, 5.41) is 3.91. The molecule has 5 aromatic rings. The number of nitrogens with zero attached hydrogens (tertiary/aromatic N) is 3. The average Bonchev–Trinajstić information content (AvgIpc) is 3.34. The van der Waals surface area contributed by atoms with Gasteiger partial charge >= 0.3 is 0 Å². The lowest BCUT2D eigenvalue weighted by atomic mass is 10.1. The third-order valence-corrected chi connectivity index (χ3v) is 5.42. The zero-order chi connectivity index (χ0) is 18.2. The summed E-state index contributed by atoms with van der Waals surface area (Å²) in [4.78, 5) is 21.7. The summed E-state index contributed by atoms with van der Waals surface area (Å²) in [6.07, 6.45) is 5.30. The van der Waals surface area contributed by atoms with Crippen LogP contribution >= 0.6 is 11.3 Å². The number of hydrogen-bond donors (Lipinski definition) is 1. The van der Waals surface area contributed by atoms with Crippen LogP contribution in [0.4, 0.5) is 5.69 Å². The molecule has 1 amide bonds. The molecule has 0 saturated carbocycles. The van der Waals surface area contributed by atoms with Gasteiger partial charge in [-0.15, -0.1) is 11.3 Å². The summed E-state index contributed by atoms with van der Waals surface area (Å²) in [5.41, 5.74) is 3.99. The van der Waals surface area contributed by atoms with Crippen molar-refractivity contribution < 1.29 is 4.79 Å². The number of imidazole rings is 1. The van der Waals surface area contributed by atoms with E-state index < -0.39 is 0 Å². The van der Waals surface area contributed by atoms with Gasteiger partial charge in [0.2, 0.25) is 0 Å². The third-order valence-electron chi connectivity index (χ3n) is 4.35. The van der Waals surface area contributed by atoms with Crippen molar-refractivity contribution in [1.82, 2.24) is 14.4 Å². The first-order valence-electron chi connectivity index (χ1n) is 8.47. The zero-order valence-electron chi connectivity index (χ0n) is 14.2. The van der Waals surface area contributed by atoms with Gasteiger partial charge in [0.1, 0.15) is 10.7 Å². The molecular formula is C21H14N4OS. The van der Waals surface area contributed by atoms with Gasteiger partial charge in [-0.2, -0.15) is 0 Å². The number of nitrogens with one attached hydrogen (secondary N) is 1. The molecule has 0 saturated heterocycles. The summed E-state index contributed by atoms with van der Waals surface area (Å²) in [6, 6.07) is 19.4. The molecule has 5 rings (SSSR count). The lowest BCUT2D eigenvalue weighted by Crippen LogP contribution is -2.13. The molecule has 0 aliphatic rings. The molecule has 1 N–H and O–H groups in total. The number of para-hydroxylation sites is 2. The molecule has 0 radical (unpaired) electrons. The standard InChI is InChI=1S/C21H14N4OS/c26-20(14-9-10-19-22-11-12-25(19)13-14)23-16-6-2-1-5-15(16)21-24-17-7-3-4-8-18(17)27-21/h1-13H,(H,23,26). The number of carbonyl (C=O) groups is 1. The van der Waals surface area contributed by atoms with Crippen LogP contribution in [0.3, 0.4) is 0 Å². The van der Waals surface area contributed by atoms with E-state index in [-0.39, 0.29) is 5.91 Å². The van der Waals surface area contributed by atoms with E-state index in [0.717, 1.165) is 32.1 Å². The summed E-state index contributed by atoms with van der Waals surface area (Å²) in [7, 11) is 0. The Balaban J connectivity index is 1.51. The van der Waals surface area contributed by atoms with Crippen molar-refractivity contribution in [2.24, 2.45) is 0 Å². The highest BCUT2D eigenvalue weighted by atomic mass is 32.1. The van der Waals surface area contributed by atoms with E-state index in [1.54, 1.807) is 29.8 Å². The van der Waals surface area contributed by atoms with Crippen molar-refractivity contribution in [2.45, 2.75) is 0 Å². The summed E-state index contributed by atoms with van der Waals surface area (Å²) < 4.78 is 2.95. The molecular weight excluding hydrogens is 356 g/mol. The summed E-state index contributed by atoms with van der Waals surface area (Å²) >= 11 is 1.62. The first-order chi connectivity index (χ1) is 13.3. The second kappa shape index (κ2) is 6.34. The van der Waals surface area contributed by atoms with Gasteiger partial charge in [-0.05, 0) is 36.4 Å². The van der Waals surface area contributed by atoms with Gasteiger partial charge in [-0.1, -0.05) is 24.3 Å². The molecule has 27 heavy (non-hydrogen) atoms. The highest BCUT2D eigenvalue weighted by molar-refractivity contribution is 7.21. The van der Waals surface area contributed by atoms with Crippen molar-refractivity contribution in [3.63, 3.8) is 0 Å². The minimum Gasteiger partial charge on any atom is -0.321 e. The Labute approximate surface area is 159 Å². The number of fused-ring (bicyclic) bond motifs is 2. The maximum Gasteiger partial charge on any atom is 0.257 e. The Morgan fingerprint density at radius 1 is 1.00 bits per heavy atom. The van der Waals surface area contributed by atoms with Gasteiger partial charge in [0.25, 0.3) is 5.91 Å². The first-order valence-corrected chi connectivity index (χ1v) is 9.29. The van der Waals surface area contributed by atoms with Gasteiger partial charge in [0, 0.05) is 24.2 Å². The summed E-state index contributed by atoms with van der Waals surface area (Å²) in [6.45, 7) is 0. The minimum absolute atomic E-state index is 0.167. The van der Waals surface area contributed by atoms with E-state index >= 15 is 0 Å². The summed E-state index contributed by atoms with van der Waals surface area (Å²) in [5.74, 6) is -0.167. The molecule has 0 atom stereocenters. The highest BCUT2D eigenvalue weighted by Gasteiger charge is 2.13. The van der Waals surface area contributed by atoms with Gasteiger partial charge in [-0.3, -0.25) is 4.79 Å². The molecule has 0 fully saturated rings. The average molecular weight is 370 g/mol. The maximum absolute atomic E-state index is 12.8. The van der Waals surface area contributed by atoms with Gasteiger partial charge in [-0.25, -0.2) is 9.97 Å². The van der Waals surface area contributed by atoms with E-state index in [1.165, 1.54) is 0 Å². The first kappa shape index (κ1) is 15.7. The number of pyridine rings is 1. The molecule has 6 heteroatoms. The maximum atomic E-state index is 12.8. The smallest absolute Gasteiger partial charge is 0.257 e. The van der Waals surface area contributed by atoms with E-state index in [9.17, 15) is 4.79 Å². The Morgan fingerprint density at radius 3 is 2.78 bits per heavy atom. The number of carbonyl (C=O) groups excluding carboxylic acids is 1. The van der Waals surface area contributed by atoms with Crippen LogP contribution in [0.1, 0.15) is 10.4 Å². The number of amides is 1. The molecule has 3 heterocycles. The van der Waals surface area contributed by atoms with E-state index in [4.69, 9.17) is 4.98 Å². The minimum atomic E-state index is -0.167. The fourth-order valence-electron chi connectivity index (χ4n) is 3.01. The van der Waals surface area contributed by atoms with Crippen molar-refractivity contribution in [3.8, 4) is 10.6 Å². The lowest BCUT2D eigenvalue weighted by molar-refractivity contribution is 0.102. The second-order valence-electron chi connectivity index (χ2n) is 6.10. The molecule has 3 aromatic heterocycles. The molecule has 2 aromatic carbocycles. The fraction of sp³-hybridized carbons (Fsp3) is 0. The van der Waals surface area contributed by atoms with Gasteiger partial charge in [0.05, 0.1) is 21.5 Å². The monoisotopic (exact) mass is 370 g/mol. The second-order valence-corrected chi connectivity index (χ2v) is 7.13. The predicted octanol–water partition coefficient (Wildman–Crippen LogP) is 4.86. The van der Waals surface area contributed by atoms with Crippen LogP contribution in [0.2, 0.25) is 0 Å². The van der Waals surface area contributed by atoms with E-state index in [0.29, 0.717) is 5.56 Å². The molecule has 0 aliphatic carbocycles. The Bertz CT molecular complexity index is 1250. The largest absolute Gasteiger partial charge is 0.321 e. The van der Waals surface area contributed by atoms with E-state index in [2.05, 4.69) is 16.4 Å². The SMILES string of the molecule is O=C(Nc1ccccc1-c1nc2ccccc2s1)c1ccc2nccn2c1. The topological polar surface area (TPSA) is 59.3 Å². The van der Waals surface area contributed by atoms with Crippen LogP contribution in [0.25, 0.3) is 26.4 Å². The Hall–Kier alpha value is -3.51. The third kappa shape index (κ3) is 2.86. The quantitative estimate of drug-likeness (QED) is 0.493. The number of rotatable bonds is 3. The van der Waals surface area contributed by atoms with Crippen LogP contribution in [0.15, 0.2) is 79.3 Å². The molecule has 0 bridgehead atoms. The molecule has 130 valence electrons. The number of aromatic nitrogens is 3. The van der Waals surface area contributed by atoms with Gasteiger partial charge in [0.15, 0.2) is 0 Å². The number of benzene rings is 2. The van der Waals surface area contributed by atoms with Crippen molar-refractivity contribution in [2.75, 3.05) is 5.32 Å². The fourth-order valence-corrected chi connectivity index (χ4v) is 4.02. The number of thiazole rings is 1. The van der Waals surface area contributed by atoms with Crippen LogP contribution in [0.5, 0.6) is 0 Å². The van der Waals surface area contributed by atoms with Gasteiger partial charge < -0.3 is 9.72 Å². The predicted molar refractivity (Wildman–Crippen MR) is 108 cm³/mol. The van der Waals surface area contributed by atoms with Crippen molar-refractivity contribution in [1.29, 1.82) is 0 Å². The Kier molecular flexibility index (Phi) is 3.69. The van der Waals surface area contributed by atoms with Crippen molar-refractivity contribution in [3.05, 3.63) is 84.8 Å². The Morgan fingerprint density at radius 2 is 1.85 bits per heavy atom. The lowest BCUT2D eigenvalue weighted by Gasteiger charge is -2.09. The number of hydrogen-bond acceptors (Lipinski definition) is 4. The molecule has 0 spiro atoms. The van der Waals surface area contributed by atoms with Crippen molar-refractivity contribution >= 4 is 38.8 Å². The molecule has 0 unspecified atom stereocenters. The molecule has 5 nitrogen and oxygen atoms in total. The normalized spacial score (nSPS) is 11.1. The van der Waals surface area contributed by atoms with E-state index in [1.807, 2.05) is 59.1 Å². The van der Waals surface area contributed by atoms with Crippen LogP contribution in [-0.2, 0) is 0 Å². The molecule has 0 aliphatic heterocycles. The zero-order valence-corrected chi connectivity index (χ0v) is 15.0. The van der Waals surface area contributed by atoms with Crippen LogP contribution < -0.4 is 5.32 Å². The number of anilines is 1. The highest BCUT2D eigenvalue weighted by Crippen LogP contribution is 2.34. The van der Waals surface area contributed by atoms with Crippen LogP contribution in [0, 0.1) is 0 Å². The van der Waals surface area contributed by atoms with Crippen LogP contribution in [-0.4, -0.2) is 20.3 Å².